The van der Waals surface area contributed by atoms with Crippen molar-refractivity contribution >= 4 is 29.3 Å². The molecule has 220 valence electrons. The average molecular weight is 613 g/mol. The van der Waals surface area contributed by atoms with Crippen molar-refractivity contribution in [3.05, 3.63) is 74.3 Å². The summed E-state index contributed by atoms with van der Waals surface area (Å²) in [5.41, 5.74) is -5.62. The fraction of sp³-hybridized carbons (Fsp3) is 0.429. The Morgan fingerprint density at radius 3 is 2.30 bits per heavy atom. The Kier molecular flexibility index (Phi) is 9.22. The van der Waals surface area contributed by atoms with E-state index in [-0.39, 0.29) is 12.5 Å². The molecule has 2 aromatic rings. The van der Waals surface area contributed by atoms with Crippen LogP contribution in [0.5, 0.6) is 5.75 Å². The molecular weight excluding hydrogens is 590 g/mol. The van der Waals surface area contributed by atoms with Crippen molar-refractivity contribution in [3.63, 3.8) is 0 Å². The van der Waals surface area contributed by atoms with Crippen molar-refractivity contribution in [1.82, 2.24) is 0 Å². The number of nitro benzene ring substituents is 2. The Bertz CT molecular complexity index is 1410. The second kappa shape index (κ2) is 11.8. The first-order chi connectivity index (χ1) is 18.4. The van der Waals surface area contributed by atoms with E-state index in [1.807, 2.05) is 18.2 Å². The second-order valence-corrected chi connectivity index (χ2v) is 12.2. The van der Waals surface area contributed by atoms with Crippen LogP contribution in [0, 0.1) is 26.1 Å². The van der Waals surface area contributed by atoms with E-state index in [0.29, 0.717) is 11.0 Å². The molecule has 0 saturated carbocycles. The number of likely N-dealkylation sites (N-methyl/N-ethyl adjacent to an activating group) is 1. The zero-order valence-corrected chi connectivity index (χ0v) is 22.3. The number of nitrogens with zero attached hydrogens (tertiary/aromatic N) is 3. The van der Waals surface area contributed by atoms with Crippen molar-refractivity contribution in [2.24, 2.45) is 5.92 Å². The molecule has 2 saturated heterocycles. The van der Waals surface area contributed by atoms with Gasteiger partial charge in [0.15, 0.2) is 10.1 Å². The van der Waals surface area contributed by atoms with E-state index in [1.165, 1.54) is 5.56 Å². The molecule has 19 heteroatoms. The first-order valence-electron chi connectivity index (χ1n) is 11.4. The van der Waals surface area contributed by atoms with Gasteiger partial charge in [-0.3, -0.25) is 29.3 Å². The highest BCUT2D eigenvalue weighted by molar-refractivity contribution is 7.86. The summed E-state index contributed by atoms with van der Waals surface area (Å²) in [6, 6.07) is 12.9. The molecule has 0 amide bonds. The number of halogens is 3. The number of rotatable bonds is 6. The number of hydrogen-bond donors (Lipinski definition) is 0. The molecule has 2 aliphatic heterocycles. The fourth-order valence-electron chi connectivity index (χ4n) is 4.21. The standard InChI is InChI=1S/C20H23N3O8P.CHF3O3S/c1-23(12-15-5-3-2-4-6-15)10-9-16-14-29-32(28,31-20(16)13-23)30-19-8-7-17(21(24)25)11-18(19)22(26)27;2-1(3,4)8(5,6)7/h2-8,11,16,20H,9-10,12-14H2,1H3;(H,5,6,7)/q+1;/p-1/t16-,20-,23?,32?;/m0./s1. The Morgan fingerprint density at radius 1 is 1.12 bits per heavy atom. The topological polar surface area (TPSA) is 188 Å². The SMILES string of the molecule is C[N+]1(Cc2ccccc2)CC[C@H]2COP(=O)(Oc3ccc([N+](=O)[O-])cc3[N+](=O)[O-])O[C@H]2C1.O=S(=O)([O-])C(F)(F)F. The maximum atomic E-state index is 13.2. The monoisotopic (exact) mass is 613 g/mol. The number of phosphoric acid groups is 1. The average Bonchev–Trinajstić information content (AvgIpc) is 2.83. The first kappa shape index (κ1) is 31.4. The Balaban J connectivity index is 0.000000482. The van der Waals surface area contributed by atoms with Crippen molar-refractivity contribution in [3.8, 4) is 5.75 Å². The maximum absolute atomic E-state index is 13.2. The lowest BCUT2D eigenvalue weighted by Crippen LogP contribution is -2.57. The molecule has 0 aromatic heterocycles. The molecule has 0 aliphatic carbocycles. The number of alkyl halides is 3. The van der Waals surface area contributed by atoms with Crippen LogP contribution in [0.2, 0.25) is 0 Å². The molecule has 0 radical (unpaired) electrons. The van der Waals surface area contributed by atoms with Gasteiger partial charge in [0.25, 0.3) is 5.69 Å². The largest absolute Gasteiger partial charge is 0.741 e. The van der Waals surface area contributed by atoms with Crippen LogP contribution >= 0.6 is 7.82 Å². The van der Waals surface area contributed by atoms with Crippen molar-refractivity contribution in [2.45, 2.75) is 24.6 Å². The van der Waals surface area contributed by atoms with Crippen LogP contribution in [0.25, 0.3) is 0 Å². The molecule has 2 fully saturated rings. The van der Waals surface area contributed by atoms with Gasteiger partial charge in [-0.1, -0.05) is 30.3 Å². The van der Waals surface area contributed by atoms with E-state index < -0.39 is 56.5 Å². The number of quaternary nitrogens is 1. The number of phosphoric ester groups is 1. The normalized spacial score (nSPS) is 26.5. The van der Waals surface area contributed by atoms with Crippen LogP contribution < -0.4 is 4.52 Å². The lowest BCUT2D eigenvalue weighted by Gasteiger charge is -2.46. The minimum atomic E-state index is -6.09. The highest BCUT2D eigenvalue weighted by Gasteiger charge is 2.49. The number of piperidine rings is 1. The summed E-state index contributed by atoms with van der Waals surface area (Å²) in [4.78, 5) is 20.7. The second-order valence-electron chi connectivity index (χ2n) is 9.26. The molecule has 0 bridgehead atoms. The maximum Gasteiger partial charge on any atom is 0.530 e. The highest BCUT2D eigenvalue weighted by Crippen LogP contribution is 2.57. The van der Waals surface area contributed by atoms with Crippen LogP contribution in [-0.4, -0.2) is 65.7 Å². The molecule has 4 rings (SSSR count). The number of likely N-dealkylation sites (tertiary alicyclic amines) is 1. The van der Waals surface area contributed by atoms with E-state index in [4.69, 9.17) is 26.5 Å². The Morgan fingerprint density at radius 2 is 1.75 bits per heavy atom. The van der Waals surface area contributed by atoms with Gasteiger partial charge in [0.05, 0.1) is 36.1 Å². The van der Waals surface area contributed by atoms with Crippen LogP contribution in [0.3, 0.4) is 0 Å². The Hall–Kier alpha value is -3.15. The van der Waals surface area contributed by atoms with E-state index in [0.717, 1.165) is 37.7 Å². The molecule has 4 atom stereocenters. The number of non-ortho nitro benzene ring substituents is 1. The molecule has 0 N–H and O–H groups in total. The lowest BCUT2D eigenvalue weighted by molar-refractivity contribution is -0.931. The van der Waals surface area contributed by atoms with Gasteiger partial charge in [-0.15, -0.1) is 0 Å². The van der Waals surface area contributed by atoms with Crippen LogP contribution in [0.4, 0.5) is 24.5 Å². The highest BCUT2D eigenvalue weighted by atomic mass is 32.2. The van der Waals surface area contributed by atoms with E-state index in [9.17, 15) is 38.0 Å². The third-order valence-electron chi connectivity index (χ3n) is 6.15. The predicted molar refractivity (Wildman–Crippen MR) is 129 cm³/mol. The van der Waals surface area contributed by atoms with Gasteiger partial charge < -0.3 is 13.6 Å². The third kappa shape index (κ3) is 7.96. The number of benzene rings is 2. The smallest absolute Gasteiger partial charge is 0.530 e. The minimum Gasteiger partial charge on any atom is -0.741 e. The summed E-state index contributed by atoms with van der Waals surface area (Å²) in [7, 11) is -8.14. The predicted octanol–water partition coefficient (Wildman–Crippen LogP) is 4.12. The quantitative estimate of drug-likeness (QED) is 0.114. The van der Waals surface area contributed by atoms with Crippen LogP contribution in [0.15, 0.2) is 48.5 Å². The van der Waals surface area contributed by atoms with E-state index in [1.54, 1.807) is 0 Å². The van der Waals surface area contributed by atoms with E-state index in [2.05, 4.69) is 19.2 Å². The number of nitro groups is 2. The first-order valence-corrected chi connectivity index (χ1v) is 14.2. The number of hydrogen-bond acceptors (Lipinski definition) is 11. The van der Waals surface area contributed by atoms with Crippen molar-refractivity contribution in [1.29, 1.82) is 0 Å². The summed E-state index contributed by atoms with van der Waals surface area (Å²) in [5.74, 6) is -0.366. The summed E-state index contributed by atoms with van der Waals surface area (Å²) in [6.07, 6.45) is 0.403. The Labute approximate surface area is 225 Å². The summed E-state index contributed by atoms with van der Waals surface area (Å²) < 4.78 is 89.3. The molecule has 14 nitrogen and oxygen atoms in total. The molecule has 2 unspecified atom stereocenters. The zero-order valence-electron chi connectivity index (χ0n) is 20.6. The molecule has 2 aliphatic rings. The minimum absolute atomic E-state index is 0.0366. The molecular formula is C21H23F3N3O11PS. The third-order valence-corrected chi connectivity index (χ3v) is 8.13. The van der Waals surface area contributed by atoms with Crippen LogP contribution in [0.1, 0.15) is 12.0 Å². The molecule has 0 spiro atoms. The van der Waals surface area contributed by atoms with Gasteiger partial charge in [-0.05, 0) is 6.07 Å². The van der Waals surface area contributed by atoms with Gasteiger partial charge >= 0.3 is 19.0 Å². The van der Waals surface area contributed by atoms with Crippen molar-refractivity contribution < 1.29 is 58.6 Å². The van der Waals surface area contributed by atoms with Crippen LogP contribution in [-0.2, 0) is 30.3 Å². The van der Waals surface area contributed by atoms with Gasteiger partial charge in [-0.2, -0.15) is 13.2 Å². The summed E-state index contributed by atoms with van der Waals surface area (Å²) in [5, 5.41) is 22.3. The summed E-state index contributed by atoms with van der Waals surface area (Å²) >= 11 is 0. The molecule has 2 heterocycles. The van der Waals surface area contributed by atoms with Gasteiger partial charge in [-0.25, -0.2) is 13.0 Å². The van der Waals surface area contributed by atoms with Gasteiger partial charge in [0.2, 0.25) is 5.75 Å². The molecule has 40 heavy (non-hydrogen) atoms. The zero-order chi connectivity index (χ0) is 29.9. The van der Waals surface area contributed by atoms with Gasteiger partial charge in [0, 0.05) is 24.0 Å². The summed E-state index contributed by atoms with van der Waals surface area (Å²) in [6.45, 7) is 2.42. The van der Waals surface area contributed by atoms with Gasteiger partial charge in [0.1, 0.15) is 19.2 Å². The molecule has 2 aromatic carbocycles. The van der Waals surface area contributed by atoms with Crippen molar-refractivity contribution in [2.75, 3.05) is 26.7 Å². The van der Waals surface area contributed by atoms with E-state index >= 15 is 0 Å². The lowest BCUT2D eigenvalue weighted by atomic mass is 9.92. The number of fused-ring (bicyclic) bond motifs is 1. The fourth-order valence-corrected chi connectivity index (χ4v) is 5.70.